The number of aliphatic hydroxyl groups is 1. The minimum absolute atomic E-state index is 0.0278. The molecule has 0 saturated carbocycles. The first-order valence-corrected chi connectivity index (χ1v) is 4.08. The summed E-state index contributed by atoms with van der Waals surface area (Å²) in [6.07, 6.45) is 2.02. The zero-order chi connectivity index (χ0) is 8.16. The van der Waals surface area contributed by atoms with Crippen LogP contribution in [0, 0.1) is 5.41 Å². The molecule has 66 valence electrons. The molecule has 0 radical (unpaired) electrons. The second kappa shape index (κ2) is 4.01. The lowest BCUT2D eigenvalue weighted by molar-refractivity contribution is 0.0884. The van der Waals surface area contributed by atoms with Crippen molar-refractivity contribution in [2.45, 2.75) is 12.8 Å². The topological polar surface area (TPSA) is 70.3 Å². The molecule has 5 N–H and O–H groups in total. The van der Waals surface area contributed by atoms with Crippen LogP contribution in [0.1, 0.15) is 12.8 Å². The van der Waals surface area contributed by atoms with E-state index in [2.05, 4.69) is 10.7 Å². The van der Waals surface area contributed by atoms with E-state index in [-0.39, 0.29) is 12.0 Å². The minimum atomic E-state index is 0.0278. The summed E-state index contributed by atoms with van der Waals surface area (Å²) >= 11 is 0. The fourth-order valence-electron chi connectivity index (χ4n) is 1.56. The van der Waals surface area contributed by atoms with Gasteiger partial charge in [0.25, 0.3) is 0 Å². The molecular weight excluding hydrogens is 142 g/mol. The zero-order valence-electron chi connectivity index (χ0n) is 6.77. The second-order valence-electron chi connectivity index (χ2n) is 3.29. The van der Waals surface area contributed by atoms with Gasteiger partial charge >= 0.3 is 0 Å². The van der Waals surface area contributed by atoms with Crippen LogP contribution in [0.5, 0.6) is 0 Å². The van der Waals surface area contributed by atoms with Crippen molar-refractivity contribution in [3.8, 4) is 0 Å². The molecule has 11 heavy (non-hydrogen) atoms. The van der Waals surface area contributed by atoms with E-state index in [1.165, 1.54) is 0 Å². The maximum Gasteiger partial charge on any atom is 0.0501 e. The van der Waals surface area contributed by atoms with E-state index in [1.807, 2.05) is 0 Å². The number of aliphatic hydroxyl groups excluding tert-OH is 1. The molecule has 0 spiro atoms. The van der Waals surface area contributed by atoms with Crippen LogP contribution in [-0.2, 0) is 0 Å². The minimum Gasteiger partial charge on any atom is -0.396 e. The summed E-state index contributed by atoms with van der Waals surface area (Å²) in [6.45, 7) is 2.93. The van der Waals surface area contributed by atoms with Crippen molar-refractivity contribution >= 4 is 0 Å². The average molecular weight is 159 g/mol. The van der Waals surface area contributed by atoms with E-state index < -0.39 is 0 Å². The average Bonchev–Trinajstić information content (AvgIpc) is 2.07. The van der Waals surface area contributed by atoms with Gasteiger partial charge in [-0.15, -0.1) is 0 Å². The van der Waals surface area contributed by atoms with Gasteiger partial charge in [0.15, 0.2) is 0 Å². The van der Waals surface area contributed by atoms with Gasteiger partial charge in [-0.25, -0.2) is 0 Å². The SMILES string of the molecule is NNCC1(CO)CCNCC1. The standard InChI is InChI=1S/C7H17N3O/c8-10-5-7(6-11)1-3-9-4-2-7/h9-11H,1-6,8H2. The maximum atomic E-state index is 9.15. The van der Waals surface area contributed by atoms with Crippen LogP contribution in [0.25, 0.3) is 0 Å². The van der Waals surface area contributed by atoms with Gasteiger partial charge < -0.3 is 10.4 Å². The first-order valence-electron chi connectivity index (χ1n) is 4.08. The summed E-state index contributed by atoms with van der Waals surface area (Å²) < 4.78 is 0. The lowest BCUT2D eigenvalue weighted by Gasteiger charge is -2.35. The third-order valence-electron chi connectivity index (χ3n) is 2.48. The smallest absolute Gasteiger partial charge is 0.0501 e. The fourth-order valence-corrected chi connectivity index (χ4v) is 1.56. The highest BCUT2D eigenvalue weighted by Gasteiger charge is 2.30. The molecule has 0 amide bonds. The van der Waals surface area contributed by atoms with E-state index in [0.717, 1.165) is 25.9 Å². The maximum absolute atomic E-state index is 9.15. The molecular formula is C7H17N3O. The Hall–Kier alpha value is -0.160. The monoisotopic (exact) mass is 159 g/mol. The van der Waals surface area contributed by atoms with Gasteiger partial charge in [-0.1, -0.05) is 0 Å². The molecule has 1 fully saturated rings. The zero-order valence-corrected chi connectivity index (χ0v) is 6.77. The first kappa shape index (κ1) is 8.93. The molecule has 0 aromatic rings. The molecule has 0 aromatic heterocycles. The van der Waals surface area contributed by atoms with Gasteiger partial charge in [-0.3, -0.25) is 11.3 Å². The number of nitrogens with one attached hydrogen (secondary N) is 2. The molecule has 0 unspecified atom stereocenters. The summed E-state index contributed by atoms with van der Waals surface area (Å²) in [6, 6.07) is 0. The highest BCUT2D eigenvalue weighted by atomic mass is 16.3. The van der Waals surface area contributed by atoms with Crippen molar-refractivity contribution in [1.29, 1.82) is 0 Å². The molecule has 1 aliphatic rings. The van der Waals surface area contributed by atoms with Gasteiger partial charge in [0, 0.05) is 12.0 Å². The third-order valence-corrected chi connectivity index (χ3v) is 2.48. The van der Waals surface area contributed by atoms with Crippen molar-refractivity contribution in [3.63, 3.8) is 0 Å². The Morgan fingerprint density at radius 3 is 2.55 bits per heavy atom. The van der Waals surface area contributed by atoms with Crippen LogP contribution < -0.4 is 16.6 Å². The van der Waals surface area contributed by atoms with Crippen LogP contribution >= 0.6 is 0 Å². The van der Waals surface area contributed by atoms with E-state index >= 15 is 0 Å². The molecule has 1 aliphatic heterocycles. The Morgan fingerprint density at radius 2 is 2.09 bits per heavy atom. The van der Waals surface area contributed by atoms with Gasteiger partial charge in [-0.05, 0) is 25.9 Å². The predicted octanol–water partition coefficient (Wildman–Crippen LogP) is -1.19. The van der Waals surface area contributed by atoms with E-state index in [0.29, 0.717) is 6.54 Å². The van der Waals surface area contributed by atoms with Crippen LogP contribution in [-0.4, -0.2) is 31.3 Å². The van der Waals surface area contributed by atoms with E-state index in [4.69, 9.17) is 10.9 Å². The van der Waals surface area contributed by atoms with Gasteiger partial charge in [0.1, 0.15) is 0 Å². The summed E-state index contributed by atoms with van der Waals surface area (Å²) in [5.41, 5.74) is 2.67. The Morgan fingerprint density at radius 1 is 1.45 bits per heavy atom. The van der Waals surface area contributed by atoms with Crippen LogP contribution in [0.15, 0.2) is 0 Å². The molecule has 0 atom stereocenters. The lowest BCUT2D eigenvalue weighted by atomic mass is 9.80. The number of piperidine rings is 1. The lowest BCUT2D eigenvalue weighted by Crippen LogP contribution is -2.47. The molecule has 4 heteroatoms. The molecule has 1 rings (SSSR count). The summed E-state index contributed by atoms with van der Waals surface area (Å²) in [5.74, 6) is 5.24. The number of hydrogen-bond donors (Lipinski definition) is 4. The van der Waals surface area contributed by atoms with Crippen molar-refractivity contribution in [3.05, 3.63) is 0 Å². The molecule has 0 aliphatic carbocycles. The molecule has 4 nitrogen and oxygen atoms in total. The highest BCUT2D eigenvalue weighted by molar-refractivity contribution is 4.85. The number of hydrogen-bond acceptors (Lipinski definition) is 4. The van der Waals surface area contributed by atoms with Gasteiger partial charge in [-0.2, -0.15) is 0 Å². The summed E-state index contributed by atoms with van der Waals surface area (Å²) in [4.78, 5) is 0. The Kier molecular flexibility index (Phi) is 3.26. The predicted molar refractivity (Wildman–Crippen MR) is 43.8 cm³/mol. The van der Waals surface area contributed by atoms with Crippen LogP contribution in [0.2, 0.25) is 0 Å². The van der Waals surface area contributed by atoms with Crippen LogP contribution in [0.3, 0.4) is 0 Å². The van der Waals surface area contributed by atoms with E-state index in [1.54, 1.807) is 0 Å². The van der Waals surface area contributed by atoms with Gasteiger partial charge in [0.2, 0.25) is 0 Å². The molecule has 1 saturated heterocycles. The first-order chi connectivity index (χ1) is 5.33. The molecule has 0 bridgehead atoms. The summed E-state index contributed by atoms with van der Waals surface area (Å²) in [5, 5.41) is 12.4. The Labute approximate surface area is 67.1 Å². The van der Waals surface area contributed by atoms with Crippen molar-refractivity contribution < 1.29 is 5.11 Å². The molecule has 0 aromatic carbocycles. The number of hydrazine groups is 1. The fraction of sp³-hybridized carbons (Fsp3) is 1.00. The molecule has 1 heterocycles. The van der Waals surface area contributed by atoms with Crippen molar-refractivity contribution in [1.82, 2.24) is 10.7 Å². The normalized spacial score (nSPS) is 23.5. The van der Waals surface area contributed by atoms with Gasteiger partial charge in [0.05, 0.1) is 6.61 Å². The Bertz CT molecular complexity index is 107. The quantitative estimate of drug-likeness (QED) is 0.309. The van der Waals surface area contributed by atoms with Crippen molar-refractivity contribution in [2.75, 3.05) is 26.2 Å². The third kappa shape index (κ3) is 2.13. The second-order valence-corrected chi connectivity index (χ2v) is 3.29. The number of nitrogens with two attached hydrogens (primary N) is 1. The largest absolute Gasteiger partial charge is 0.396 e. The summed E-state index contributed by atoms with van der Waals surface area (Å²) in [7, 11) is 0. The Balaban J connectivity index is 2.42. The van der Waals surface area contributed by atoms with Crippen LogP contribution in [0.4, 0.5) is 0 Å². The van der Waals surface area contributed by atoms with E-state index in [9.17, 15) is 0 Å². The van der Waals surface area contributed by atoms with Crippen molar-refractivity contribution in [2.24, 2.45) is 11.3 Å². The highest BCUT2D eigenvalue weighted by Crippen LogP contribution is 2.26. The number of rotatable bonds is 3.